The summed E-state index contributed by atoms with van der Waals surface area (Å²) in [5.41, 5.74) is -1.17. The second-order valence-electron chi connectivity index (χ2n) is 6.77. The van der Waals surface area contributed by atoms with Crippen molar-refractivity contribution < 1.29 is 45.4 Å². The van der Waals surface area contributed by atoms with Crippen LogP contribution in [0.5, 0.6) is 17.2 Å². The first-order valence-corrected chi connectivity index (χ1v) is 9.33. The molecule has 1 atom stereocenters. The summed E-state index contributed by atoms with van der Waals surface area (Å²) in [5, 5.41) is 10.1. The van der Waals surface area contributed by atoms with Gasteiger partial charge in [0.15, 0.2) is 23.4 Å². The van der Waals surface area contributed by atoms with E-state index in [1.807, 2.05) is 0 Å². The van der Waals surface area contributed by atoms with Crippen LogP contribution in [0.15, 0.2) is 72.8 Å². The lowest BCUT2D eigenvalue weighted by Crippen LogP contribution is -2.42. The van der Waals surface area contributed by atoms with Gasteiger partial charge >= 0.3 is 12.4 Å². The Balaban J connectivity index is 1.92. The van der Waals surface area contributed by atoms with Crippen molar-refractivity contribution in [2.24, 2.45) is 0 Å². The third kappa shape index (κ3) is 6.51. The zero-order chi connectivity index (χ0) is 24.2. The predicted molar refractivity (Wildman–Crippen MR) is 104 cm³/mol. The molecule has 0 aliphatic carbocycles. The molecule has 0 bridgehead atoms. The van der Waals surface area contributed by atoms with Crippen molar-refractivity contribution in [3.05, 3.63) is 84.2 Å². The molecule has 0 aliphatic rings. The van der Waals surface area contributed by atoms with Crippen LogP contribution in [-0.4, -0.2) is 23.9 Å². The van der Waals surface area contributed by atoms with E-state index in [-0.39, 0.29) is 17.2 Å². The molecule has 4 nitrogen and oxygen atoms in total. The Morgan fingerprint density at radius 1 is 0.818 bits per heavy atom. The largest absolute Gasteiger partial charge is 0.454 e. The molecule has 0 aliphatic heterocycles. The number of benzene rings is 3. The first-order valence-electron chi connectivity index (χ1n) is 9.33. The summed E-state index contributed by atoms with van der Waals surface area (Å²) in [4.78, 5) is 5.27. The van der Waals surface area contributed by atoms with Gasteiger partial charge in [0, 0.05) is 6.07 Å². The van der Waals surface area contributed by atoms with E-state index in [9.17, 15) is 35.8 Å². The number of aliphatic hydroxyl groups is 1. The van der Waals surface area contributed by atoms with Gasteiger partial charge in [0.25, 0.3) is 0 Å². The van der Waals surface area contributed by atoms with Gasteiger partial charge in [0.1, 0.15) is 5.75 Å². The fraction of sp³-hybridized carbons (Fsp3) is 0.182. The molecule has 0 unspecified atom stereocenters. The van der Waals surface area contributed by atoms with E-state index < -0.39 is 42.1 Å². The SMILES string of the molecule is O[C@@H](CN(Oc1cccc(C(F)(F)F)c1)c1cccc(Oc2ccccc2F)c1)C(F)(F)F. The summed E-state index contributed by atoms with van der Waals surface area (Å²) >= 11 is 0. The molecule has 0 fully saturated rings. The van der Waals surface area contributed by atoms with Gasteiger partial charge in [-0.3, -0.25) is 0 Å². The zero-order valence-corrected chi connectivity index (χ0v) is 16.6. The molecule has 3 rings (SSSR count). The number of rotatable bonds is 7. The highest BCUT2D eigenvalue weighted by Gasteiger charge is 2.40. The molecule has 11 heteroatoms. The van der Waals surface area contributed by atoms with Gasteiger partial charge < -0.3 is 14.7 Å². The molecule has 0 spiro atoms. The maximum atomic E-state index is 13.8. The highest BCUT2D eigenvalue weighted by atomic mass is 19.4. The second kappa shape index (κ2) is 9.57. The molecule has 0 amide bonds. The number of nitrogens with zero attached hydrogens (tertiary/aromatic N) is 1. The number of alkyl halides is 6. The summed E-state index contributed by atoms with van der Waals surface area (Å²) < 4.78 is 97.0. The van der Waals surface area contributed by atoms with Crippen LogP contribution in [0.3, 0.4) is 0 Å². The lowest BCUT2D eigenvalue weighted by molar-refractivity contribution is -0.202. The molecule has 0 aromatic heterocycles. The first-order chi connectivity index (χ1) is 15.4. The number of hydrogen-bond donors (Lipinski definition) is 1. The second-order valence-corrected chi connectivity index (χ2v) is 6.77. The number of hydroxylamine groups is 1. The van der Waals surface area contributed by atoms with Crippen LogP contribution in [0.4, 0.5) is 36.4 Å². The number of halogens is 7. The minimum absolute atomic E-state index is 0.0109. The summed E-state index contributed by atoms with van der Waals surface area (Å²) in [6, 6.07) is 14.1. The van der Waals surface area contributed by atoms with Gasteiger partial charge in [-0.25, -0.2) is 9.45 Å². The molecule has 3 aromatic carbocycles. The lowest BCUT2D eigenvalue weighted by Gasteiger charge is -2.28. The molecule has 3 aromatic rings. The Labute approximate surface area is 183 Å². The molecular weight excluding hydrogens is 459 g/mol. The van der Waals surface area contributed by atoms with E-state index in [0.717, 1.165) is 24.3 Å². The maximum Gasteiger partial charge on any atom is 0.416 e. The molecule has 1 N–H and O–H groups in total. The zero-order valence-electron chi connectivity index (χ0n) is 16.6. The Hall–Kier alpha value is -3.47. The molecule has 0 radical (unpaired) electrons. The van der Waals surface area contributed by atoms with Gasteiger partial charge in [0.2, 0.25) is 0 Å². The minimum atomic E-state index is -5.02. The molecular formula is C22H16F7NO3. The van der Waals surface area contributed by atoms with Crippen molar-refractivity contribution in [3.63, 3.8) is 0 Å². The number of hydrogen-bond acceptors (Lipinski definition) is 4. The van der Waals surface area contributed by atoms with Crippen LogP contribution in [0.1, 0.15) is 5.56 Å². The van der Waals surface area contributed by atoms with Gasteiger partial charge in [-0.05, 0) is 42.5 Å². The van der Waals surface area contributed by atoms with Crippen LogP contribution in [-0.2, 0) is 6.18 Å². The van der Waals surface area contributed by atoms with E-state index in [2.05, 4.69) is 0 Å². The van der Waals surface area contributed by atoms with Gasteiger partial charge in [-0.1, -0.05) is 24.3 Å². The molecule has 33 heavy (non-hydrogen) atoms. The van der Waals surface area contributed by atoms with Crippen molar-refractivity contribution >= 4 is 5.69 Å². The molecule has 176 valence electrons. The minimum Gasteiger partial charge on any atom is -0.454 e. The number of anilines is 1. The predicted octanol–water partition coefficient (Wildman–Crippen LogP) is 6.36. The van der Waals surface area contributed by atoms with Crippen LogP contribution < -0.4 is 14.6 Å². The Morgan fingerprint density at radius 3 is 2.15 bits per heavy atom. The number of aliphatic hydroxyl groups excluding tert-OH is 1. The van der Waals surface area contributed by atoms with E-state index >= 15 is 0 Å². The molecule has 0 saturated carbocycles. The average molecular weight is 475 g/mol. The highest BCUT2D eigenvalue weighted by Crippen LogP contribution is 2.33. The third-order valence-corrected chi connectivity index (χ3v) is 4.26. The average Bonchev–Trinajstić information content (AvgIpc) is 2.74. The quantitative estimate of drug-likeness (QED) is 0.319. The van der Waals surface area contributed by atoms with E-state index in [4.69, 9.17) is 9.57 Å². The fourth-order valence-corrected chi connectivity index (χ4v) is 2.67. The first kappa shape index (κ1) is 24.2. The van der Waals surface area contributed by atoms with E-state index in [1.165, 1.54) is 42.5 Å². The summed E-state index contributed by atoms with van der Waals surface area (Å²) in [6.45, 7) is -1.16. The van der Waals surface area contributed by atoms with Gasteiger partial charge in [-0.2, -0.15) is 26.3 Å². The summed E-state index contributed by atoms with van der Waals surface area (Å²) in [7, 11) is 0. The Kier molecular flexibility index (Phi) is 7.01. The Morgan fingerprint density at radius 2 is 1.48 bits per heavy atom. The fourth-order valence-electron chi connectivity index (χ4n) is 2.67. The molecule has 0 saturated heterocycles. The normalized spacial score (nSPS) is 12.8. The van der Waals surface area contributed by atoms with E-state index in [0.29, 0.717) is 11.1 Å². The summed E-state index contributed by atoms with van der Waals surface area (Å²) in [6.07, 6.45) is -12.6. The summed E-state index contributed by atoms with van der Waals surface area (Å²) in [5.74, 6) is -1.25. The van der Waals surface area contributed by atoms with Crippen molar-refractivity contribution in [2.75, 3.05) is 11.6 Å². The van der Waals surface area contributed by atoms with Crippen LogP contribution in [0.25, 0.3) is 0 Å². The van der Waals surface area contributed by atoms with Crippen molar-refractivity contribution in [3.8, 4) is 17.2 Å². The number of ether oxygens (including phenoxy) is 1. The van der Waals surface area contributed by atoms with Crippen molar-refractivity contribution in [2.45, 2.75) is 18.5 Å². The highest BCUT2D eigenvalue weighted by molar-refractivity contribution is 5.51. The monoisotopic (exact) mass is 475 g/mol. The Bertz CT molecular complexity index is 1090. The molecule has 0 heterocycles. The topological polar surface area (TPSA) is 41.9 Å². The van der Waals surface area contributed by atoms with Gasteiger partial charge in [-0.15, -0.1) is 0 Å². The maximum absolute atomic E-state index is 13.8. The van der Waals surface area contributed by atoms with Crippen LogP contribution in [0.2, 0.25) is 0 Å². The van der Waals surface area contributed by atoms with E-state index in [1.54, 1.807) is 0 Å². The van der Waals surface area contributed by atoms with Crippen molar-refractivity contribution in [1.82, 2.24) is 0 Å². The van der Waals surface area contributed by atoms with Crippen molar-refractivity contribution in [1.29, 1.82) is 0 Å². The van der Waals surface area contributed by atoms with Crippen LogP contribution in [0, 0.1) is 5.82 Å². The van der Waals surface area contributed by atoms with Crippen LogP contribution >= 0.6 is 0 Å². The standard InChI is InChI=1S/C22H16F7NO3/c23-18-9-1-2-10-19(18)32-16-7-4-6-15(12-16)30(13-20(31)22(27,28)29)33-17-8-3-5-14(11-17)21(24,25)26/h1-12,20,31H,13H2/t20-/m0/s1. The smallest absolute Gasteiger partial charge is 0.416 e. The van der Waals surface area contributed by atoms with Gasteiger partial charge in [0.05, 0.1) is 17.8 Å². The third-order valence-electron chi connectivity index (χ3n) is 4.26. The number of para-hydroxylation sites is 1. The lowest BCUT2D eigenvalue weighted by atomic mass is 10.2.